The second-order valence-electron chi connectivity index (χ2n) is 4.09. The van der Waals surface area contributed by atoms with Crippen LogP contribution in [0.2, 0.25) is 0 Å². The third kappa shape index (κ3) is 3.14. The molecule has 0 aliphatic carbocycles. The van der Waals surface area contributed by atoms with Gasteiger partial charge >= 0.3 is 5.97 Å². The van der Waals surface area contributed by atoms with Crippen LogP contribution in [0.15, 0.2) is 22.7 Å². The Morgan fingerprint density at radius 2 is 2.00 bits per heavy atom. The van der Waals surface area contributed by atoms with Crippen LogP contribution in [-0.4, -0.2) is 31.0 Å². The fraction of sp³-hybridized carbons (Fsp3) is 0.214. The van der Waals surface area contributed by atoms with E-state index in [2.05, 4.69) is 25.7 Å². The van der Waals surface area contributed by atoms with Gasteiger partial charge in [-0.1, -0.05) is 15.9 Å². The van der Waals surface area contributed by atoms with Crippen LogP contribution in [0.25, 0.3) is 10.6 Å². The predicted octanol–water partition coefficient (Wildman–Crippen LogP) is 3.57. The van der Waals surface area contributed by atoms with Crippen LogP contribution in [0.3, 0.4) is 0 Å². The monoisotopic (exact) mass is 369 g/mol. The largest absolute Gasteiger partial charge is 0.497 e. The quantitative estimate of drug-likeness (QED) is 0.608. The fourth-order valence-corrected chi connectivity index (χ4v) is 3.25. The highest BCUT2D eigenvalue weighted by Gasteiger charge is 2.23. The molecule has 0 aliphatic heterocycles. The fourth-order valence-electron chi connectivity index (χ4n) is 1.70. The van der Waals surface area contributed by atoms with Crippen LogP contribution >= 0.6 is 27.3 Å². The number of Topliss-reactive ketones (excluding diaryl/α,β-unsaturated/α-hetero) is 1. The summed E-state index contributed by atoms with van der Waals surface area (Å²) >= 11 is 4.58. The van der Waals surface area contributed by atoms with Crippen molar-refractivity contribution in [1.29, 1.82) is 0 Å². The van der Waals surface area contributed by atoms with E-state index in [-0.39, 0.29) is 16.4 Å². The van der Waals surface area contributed by atoms with E-state index < -0.39 is 5.97 Å². The van der Waals surface area contributed by atoms with Crippen LogP contribution in [0.5, 0.6) is 5.75 Å². The van der Waals surface area contributed by atoms with Crippen molar-refractivity contribution in [2.24, 2.45) is 0 Å². The van der Waals surface area contributed by atoms with E-state index in [9.17, 15) is 9.59 Å². The molecule has 0 N–H and O–H groups in total. The number of esters is 1. The zero-order chi connectivity index (χ0) is 15.6. The first-order chi connectivity index (χ1) is 9.97. The summed E-state index contributed by atoms with van der Waals surface area (Å²) in [5.74, 6) is -0.188. The molecule has 0 fully saturated rings. The molecule has 0 saturated heterocycles. The Labute approximate surface area is 134 Å². The highest BCUT2D eigenvalue weighted by atomic mass is 79.9. The van der Waals surface area contributed by atoms with Crippen LogP contribution in [-0.2, 0) is 4.74 Å². The zero-order valence-electron chi connectivity index (χ0n) is 11.6. The summed E-state index contributed by atoms with van der Waals surface area (Å²) < 4.78 is 10.6. The summed E-state index contributed by atoms with van der Waals surface area (Å²) in [6.07, 6.45) is 0. The van der Waals surface area contributed by atoms with Gasteiger partial charge in [0.15, 0.2) is 11.5 Å². The predicted molar refractivity (Wildman–Crippen MR) is 83.1 cm³/mol. The summed E-state index contributed by atoms with van der Waals surface area (Å²) in [6, 6.07) is 5.41. The maximum absolute atomic E-state index is 11.7. The molecule has 5 nitrogen and oxygen atoms in total. The SMILES string of the molecule is COC(=O)c1nc(-c2cc(OC)ccc2Br)sc1C(C)=O. The van der Waals surface area contributed by atoms with Gasteiger partial charge in [-0.15, -0.1) is 11.3 Å². The zero-order valence-corrected chi connectivity index (χ0v) is 14.0. The number of nitrogens with zero attached hydrogens (tertiary/aromatic N) is 1. The van der Waals surface area contributed by atoms with Crippen molar-refractivity contribution in [2.45, 2.75) is 6.92 Å². The molecular weight excluding hydrogens is 358 g/mol. The van der Waals surface area contributed by atoms with E-state index in [1.54, 1.807) is 19.2 Å². The number of rotatable bonds is 4. The van der Waals surface area contributed by atoms with Gasteiger partial charge in [0.25, 0.3) is 0 Å². The average Bonchev–Trinajstić information content (AvgIpc) is 2.92. The number of halogens is 1. The number of thiazole rings is 1. The third-order valence-electron chi connectivity index (χ3n) is 2.73. The van der Waals surface area contributed by atoms with Crippen LogP contribution in [0.1, 0.15) is 27.1 Å². The van der Waals surface area contributed by atoms with Gasteiger partial charge in [0.2, 0.25) is 0 Å². The maximum atomic E-state index is 11.7. The van der Waals surface area contributed by atoms with E-state index >= 15 is 0 Å². The minimum absolute atomic E-state index is 0.0414. The first kappa shape index (κ1) is 15.7. The van der Waals surface area contributed by atoms with Crippen molar-refractivity contribution in [3.8, 4) is 16.3 Å². The summed E-state index contributed by atoms with van der Waals surface area (Å²) in [7, 11) is 2.82. The summed E-state index contributed by atoms with van der Waals surface area (Å²) in [5, 5.41) is 0.548. The van der Waals surface area contributed by atoms with Gasteiger partial charge in [-0.05, 0) is 18.2 Å². The minimum Gasteiger partial charge on any atom is -0.497 e. The molecule has 110 valence electrons. The van der Waals surface area contributed by atoms with E-state index in [0.29, 0.717) is 10.8 Å². The first-order valence-electron chi connectivity index (χ1n) is 5.92. The molecule has 1 heterocycles. The standard InChI is InChI=1S/C14H12BrNO4S/c1-7(17)12-11(14(18)20-3)16-13(21-12)9-6-8(19-2)4-5-10(9)15/h4-6H,1-3H3. The van der Waals surface area contributed by atoms with Gasteiger partial charge in [-0.3, -0.25) is 4.79 Å². The highest BCUT2D eigenvalue weighted by molar-refractivity contribution is 9.10. The van der Waals surface area contributed by atoms with Crippen molar-refractivity contribution in [3.63, 3.8) is 0 Å². The molecule has 1 aromatic heterocycles. The number of hydrogen-bond donors (Lipinski definition) is 0. The van der Waals surface area contributed by atoms with Gasteiger partial charge in [0.1, 0.15) is 15.6 Å². The highest BCUT2D eigenvalue weighted by Crippen LogP contribution is 2.36. The van der Waals surface area contributed by atoms with Gasteiger partial charge in [0.05, 0.1) is 14.2 Å². The number of benzene rings is 1. The number of carbonyl (C=O) groups excluding carboxylic acids is 2. The molecule has 0 aliphatic rings. The lowest BCUT2D eigenvalue weighted by Gasteiger charge is -2.04. The molecule has 7 heteroatoms. The van der Waals surface area contributed by atoms with Crippen LogP contribution in [0.4, 0.5) is 0 Å². The van der Waals surface area contributed by atoms with Crippen molar-refractivity contribution in [2.75, 3.05) is 14.2 Å². The Hall–Kier alpha value is -1.73. The van der Waals surface area contributed by atoms with Crippen LogP contribution in [0, 0.1) is 0 Å². The van der Waals surface area contributed by atoms with Gasteiger partial charge in [-0.25, -0.2) is 9.78 Å². The molecule has 1 aromatic carbocycles. The summed E-state index contributed by atoms with van der Waals surface area (Å²) in [5.41, 5.74) is 0.789. The van der Waals surface area contributed by atoms with Gasteiger partial charge < -0.3 is 9.47 Å². The summed E-state index contributed by atoms with van der Waals surface area (Å²) in [4.78, 5) is 27.9. The number of methoxy groups -OCH3 is 2. The average molecular weight is 370 g/mol. The molecule has 0 radical (unpaired) electrons. The molecule has 0 bridgehead atoms. The lowest BCUT2D eigenvalue weighted by atomic mass is 10.2. The van der Waals surface area contributed by atoms with E-state index in [1.165, 1.54) is 14.0 Å². The Balaban J connectivity index is 2.60. The second-order valence-corrected chi connectivity index (χ2v) is 5.94. The topological polar surface area (TPSA) is 65.5 Å². The molecule has 0 atom stereocenters. The number of aromatic nitrogens is 1. The minimum atomic E-state index is -0.623. The smallest absolute Gasteiger partial charge is 0.358 e. The molecule has 0 amide bonds. The van der Waals surface area contributed by atoms with Crippen LogP contribution < -0.4 is 4.74 Å². The molecular formula is C14H12BrNO4S. The lowest BCUT2D eigenvalue weighted by molar-refractivity contribution is 0.0591. The van der Waals surface area contributed by atoms with E-state index in [1.807, 2.05) is 6.07 Å². The van der Waals surface area contributed by atoms with E-state index in [4.69, 9.17) is 4.74 Å². The molecule has 21 heavy (non-hydrogen) atoms. The lowest BCUT2D eigenvalue weighted by Crippen LogP contribution is -2.06. The molecule has 0 spiro atoms. The Bertz CT molecular complexity index is 711. The maximum Gasteiger partial charge on any atom is 0.358 e. The summed E-state index contributed by atoms with van der Waals surface area (Å²) in [6.45, 7) is 1.39. The Morgan fingerprint density at radius 3 is 2.57 bits per heavy atom. The molecule has 2 rings (SSSR count). The first-order valence-corrected chi connectivity index (χ1v) is 7.52. The Kier molecular flexibility index (Phi) is 4.74. The van der Waals surface area contributed by atoms with Crippen molar-refractivity contribution in [3.05, 3.63) is 33.2 Å². The van der Waals surface area contributed by atoms with Crippen molar-refractivity contribution >= 4 is 39.0 Å². The normalized spacial score (nSPS) is 10.3. The number of carbonyl (C=O) groups is 2. The van der Waals surface area contributed by atoms with Gasteiger partial charge in [0, 0.05) is 17.0 Å². The second kappa shape index (κ2) is 6.36. The van der Waals surface area contributed by atoms with E-state index in [0.717, 1.165) is 21.4 Å². The Morgan fingerprint density at radius 1 is 1.29 bits per heavy atom. The third-order valence-corrected chi connectivity index (χ3v) is 4.61. The van der Waals surface area contributed by atoms with Gasteiger partial charge in [-0.2, -0.15) is 0 Å². The molecule has 0 unspecified atom stereocenters. The van der Waals surface area contributed by atoms with Crippen molar-refractivity contribution < 1.29 is 19.1 Å². The van der Waals surface area contributed by atoms with Crippen molar-refractivity contribution in [1.82, 2.24) is 4.98 Å². The molecule has 2 aromatic rings. The molecule has 0 saturated carbocycles. The number of ether oxygens (including phenoxy) is 2. The number of hydrogen-bond acceptors (Lipinski definition) is 6. The number of ketones is 1.